The first-order chi connectivity index (χ1) is 11.1. The van der Waals surface area contributed by atoms with E-state index in [9.17, 15) is 4.79 Å². The molecule has 1 aliphatic rings. The largest absolute Gasteiger partial charge is 0.347 e. The van der Waals surface area contributed by atoms with Crippen molar-refractivity contribution in [2.45, 2.75) is 25.4 Å². The highest BCUT2D eigenvalue weighted by molar-refractivity contribution is 6.30. The minimum absolute atomic E-state index is 0.0525. The molecule has 5 nitrogen and oxygen atoms in total. The number of amides is 1. The van der Waals surface area contributed by atoms with Gasteiger partial charge < -0.3 is 5.32 Å². The number of rotatable bonds is 4. The van der Waals surface area contributed by atoms with Gasteiger partial charge >= 0.3 is 0 Å². The smallest absolute Gasteiger partial charge is 0.269 e. The van der Waals surface area contributed by atoms with Crippen molar-refractivity contribution < 1.29 is 4.79 Å². The van der Waals surface area contributed by atoms with Crippen LogP contribution in [0.3, 0.4) is 0 Å². The molecule has 0 spiro atoms. The molecular weight excluding hydrogens is 312 g/mol. The van der Waals surface area contributed by atoms with Gasteiger partial charge in [-0.15, -0.1) is 0 Å². The number of likely N-dealkylation sites (tertiary alicyclic amines) is 1. The third-order valence-electron chi connectivity index (χ3n) is 4.21. The number of aryl methyl sites for hydroxylation is 1. The number of piperidine rings is 1. The monoisotopic (exact) mass is 332 g/mol. The van der Waals surface area contributed by atoms with Gasteiger partial charge in [-0.2, -0.15) is 5.10 Å². The Labute approximate surface area is 141 Å². The van der Waals surface area contributed by atoms with E-state index in [1.165, 1.54) is 5.56 Å². The van der Waals surface area contributed by atoms with E-state index in [2.05, 4.69) is 27.4 Å². The van der Waals surface area contributed by atoms with Gasteiger partial charge in [0.1, 0.15) is 5.69 Å². The van der Waals surface area contributed by atoms with Crippen LogP contribution in [0.1, 0.15) is 28.9 Å². The van der Waals surface area contributed by atoms with E-state index < -0.39 is 0 Å². The normalized spacial score (nSPS) is 18.8. The van der Waals surface area contributed by atoms with Crippen LogP contribution in [0, 0.1) is 0 Å². The fourth-order valence-corrected chi connectivity index (χ4v) is 3.15. The highest BCUT2D eigenvalue weighted by atomic mass is 35.5. The predicted octanol–water partition coefficient (Wildman–Crippen LogP) is 2.47. The summed E-state index contributed by atoms with van der Waals surface area (Å²) in [7, 11) is 1.78. The van der Waals surface area contributed by atoms with Gasteiger partial charge in [-0.1, -0.05) is 23.7 Å². The Morgan fingerprint density at radius 3 is 2.83 bits per heavy atom. The lowest BCUT2D eigenvalue weighted by molar-refractivity contribution is 0.0891. The maximum Gasteiger partial charge on any atom is 0.269 e. The Hall–Kier alpha value is -1.85. The Morgan fingerprint density at radius 2 is 2.13 bits per heavy atom. The Kier molecular flexibility index (Phi) is 4.98. The molecule has 1 saturated heterocycles. The zero-order valence-electron chi connectivity index (χ0n) is 13.2. The molecule has 1 aromatic heterocycles. The van der Waals surface area contributed by atoms with Crippen molar-refractivity contribution in [2.75, 3.05) is 13.1 Å². The van der Waals surface area contributed by atoms with E-state index in [0.717, 1.165) is 37.5 Å². The van der Waals surface area contributed by atoms with Gasteiger partial charge in [0.25, 0.3) is 5.91 Å². The van der Waals surface area contributed by atoms with Crippen LogP contribution >= 0.6 is 11.6 Å². The van der Waals surface area contributed by atoms with Crippen molar-refractivity contribution in [2.24, 2.45) is 7.05 Å². The number of carbonyl (C=O) groups excluding carboxylic acids is 1. The maximum atomic E-state index is 12.3. The van der Waals surface area contributed by atoms with Crippen molar-refractivity contribution in [3.63, 3.8) is 0 Å². The van der Waals surface area contributed by atoms with Crippen LogP contribution in [0.4, 0.5) is 0 Å². The second-order valence-electron chi connectivity index (χ2n) is 6.01. The number of carbonyl (C=O) groups is 1. The van der Waals surface area contributed by atoms with E-state index in [1.54, 1.807) is 24.0 Å². The lowest BCUT2D eigenvalue weighted by atomic mass is 10.0. The first kappa shape index (κ1) is 16.0. The predicted molar refractivity (Wildman–Crippen MR) is 90.4 cm³/mol. The van der Waals surface area contributed by atoms with Crippen molar-refractivity contribution in [1.82, 2.24) is 20.0 Å². The lowest BCUT2D eigenvalue weighted by Crippen LogP contribution is -2.47. The number of nitrogens with one attached hydrogen (secondary N) is 1. The highest BCUT2D eigenvalue weighted by Crippen LogP contribution is 2.16. The minimum atomic E-state index is -0.0525. The first-order valence-corrected chi connectivity index (χ1v) is 8.25. The number of hydrogen-bond donors (Lipinski definition) is 1. The molecule has 1 aliphatic heterocycles. The van der Waals surface area contributed by atoms with Gasteiger partial charge in [0.15, 0.2) is 0 Å². The van der Waals surface area contributed by atoms with Crippen LogP contribution in [0.25, 0.3) is 0 Å². The molecule has 2 aromatic rings. The fourth-order valence-electron chi connectivity index (χ4n) is 3.02. The standard InChI is InChI=1S/C17H21ClN4O/c1-21-16(8-9-19-21)17(23)20-15-3-2-10-22(12-15)11-13-4-6-14(18)7-5-13/h4-9,15H,2-3,10-12H2,1H3,(H,20,23)/t15-/m1/s1. The molecule has 2 heterocycles. The second-order valence-corrected chi connectivity index (χ2v) is 6.45. The third kappa shape index (κ3) is 4.12. The average molecular weight is 333 g/mol. The molecule has 1 atom stereocenters. The molecule has 0 aliphatic carbocycles. The number of aromatic nitrogens is 2. The van der Waals surface area contributed by atoms with Crippen LogP contribution < -0.4 is 5.32 Å². The van der Waals surface area contributed by atoms with E-state index in [4.69, 9.17) is 11.6 Å². The summed E-state index contributed by atoms with van der Waals surface area (Å²) < 4.78 is 1.60. The van der Waals surface area contributed by atoms with E-state index in [1.807, 2.05) is 12.1 Å². The Morgan fingerprint density at radius 1 is 1.35 bits per heavy atom. The number of nitrogens with zero attached hydrogens (tertiary/aromatic N) is 3. The molecule has 0 bridgehead atoms. The zero-order chi connectivity index (χ0) is 16.2. The molecule has 6 heteroatoms. The van der Waals surface area contributed by atoms with Crippen LogP contribution in [-0.2, 0) is 13.6 Å². The van der Waals surface area contributed by atoms with Gasteiger partial charge in [-0.25, -0.2) is 0 Å². The minimum Gasteiger partial charge on any atom is -0.347 e. The summed E-state index contributed by atoms with van der Waals surface area (Å²) in [6.07, 6.45) is 3.74. The summed E-state index contributed by atoms with van der Waals surface area (Å²) >= 11 is 5.93. The van der Waals surface area contributed by atoms with Gasteiger partial charge in [0.05, 0.1) is 0 Å². The molecule has 1 fully saturated rings. The van der Waals surface area contributed by atoms with E-state index in [0.29, 0.717) is 5.69 Å². The molecule has 1 aromatic carbocycles. The van der Waals surface area contributed by atoms with Crippen molar-refractivity contribution in [1.29, 1.82) is 0 Å². The molecule has 122 valence electrons. The van der Waals surface area contributed by atoms with Crippen molar-refractivity contribution in [3.8, 4) is 0 Å². The average Bonchev–Trinajstić information content (AvgIpc) is 2.96. The topological polar surface area (TPSA) is 50.2 Å². The van der Waals surface area contributed by atoms with Gasteiger partial charge in [-0.05, 0) is 43.1 Å². The van der Waals surface area contributed by atoms with Crippen LogP contribution in [0.2, 0.25) is 5.02 Å². The van der Waals surface area contributed by atoms with Crippen LogP contribution in [-0.4, -0.2) is 39.7 Å². The van der Waals surface area contributed by atoms with Crippen LogP contribution in [0.5, 0.6) is 0 Å². The SMILES string of the molecule is Cn1nccc1C(=O)N[C@@H]1CCCN(Cc2ccc(Cl)cc2)C1. The molecule has 0 radical (unpaired) electrons. The summed E-state index contributed by atoms with van der Waals surface area (Å²) in [5.74, 6) is -0.0525. The van der Waals surface area contributed by atoms with E-state index in [-0.39, 0.29) is 11.9 Å². The van der Waals surface area contributed by atoms with Crippen molar-refractivity contribution in [3.05, 3.63) is 52.8 Å². The number of halogens is 1. The molecule has 0 saturated carbocycles. The third-order valence-corrected chi connectivity index (χ3v) is 4.47. The zero-order valence-corrected chi connectivity index (χ0v) is 14.0. The Balaban J connectivity index is 1.56. The molecule has 1 N–H and O–H groups in total. The van der Waals surface area contributed by atoms with Gasteiger partial charge in [0.2, 0.25) is 0 Å². The summed E-state index contributed by atoms with van der Waals surface area (Å²) in [6, 6.07) is 9.87. The molecule has 3 rings (SSSR count). The molecule has 1 amide bonds. The highest BCUT2D eigenvalue weighted by Gasteiger charge is 2.22. The number of hydrogen-bond acceptors (Lipinski definition) is 3. The Bertz CT molecular complexity index is 667. The fraction of sp³-hybridized carbons (Fsp3) is 0.412. The summed E-state index contributed by atoms with van der Waals surface area (Å²) in [4.78, 5) is 14.7. The summed E-state index contributed by atoms with van der Waals surface area (Å²) in [5, 5.41) is 7.93. The number of benzene rings is 1. The first-order valence-electron chi connectivity index (χ1n) is 7.87. The molecule has 23 heavy (non-hydrogen) atoms. The van der Waals surface area contributed by atoms with Gasteiger partial charge in [-0.3, -0.25) is 14.4 Å². The van der Waals surface area contributed by atoms with Gasteiger partial charge in [0, 0.05) is 37.4 Å². The second kappa shape index (κ2) is 7.15. The van der Waals surface area contributed by atoms with Crippen molar-refractivity contribution >= 4 is 17.5 Å². The van der Waals surface area contributed by atoms with Crippen LogP contribution in [0.15, 0.2) is 36.5 Å². The molecule has 0 unspecified atom stereocenters. The quantitative estimate of drug-likeness (QED) is 0.935. The maximum absolute atomic E-state index is 12.3. The van der Waals surface area contributed by atoms with E-state index >= 15 is 0 Å². The molecular formula is C17H21ClN4O. The lowest BCUT2D eigenvalue weighted by Gasteiger charge is -2.33. The summed E-state index contributed by atoms with van der Waals surface area (Å²) in [5.41, 5.74) is 1.84. The summed E-state index contributed by atoms with van der Waals surface area (Å²) in [6.45, 7) is 2.81.